The number of aliphatic hydroxyl groups is 1. The predicted molar refractivity (Wildman–Crippen MR) is 405 cm³/mol. The molecule has 0 bridgehead atoms. The Morgan fingerprint density at radius 1 is 0.273 bits per heavy atom. The van der Waals surface area contributed by atoms with E-state index in [1.165, 1.54) is 218 Å². The van der Waals surface area contributed by atoms with Crippen LogP contribution in [0, 0.1) is 17.8 Å². The van der Waals surface area contributed by atoms with Crippen LogP contribution in [0.2, 0.25) is 0 Å². The zero-order valence-corrected chi connectivity index (χ0v) is 66.8. The van der Waals surface area contributed by atoms with Crippen molar-refractivity contribution >= 4 is 39.5 Å². The summed E-state index contributed by atoms with van der Waals surface area (Å²) in [4.78, 5) is 72.9. The Hall–Kier alpha value is -1.94. The van der Waals surface area contributed by atoms with Gasteiger partial charge in [0.15, 0.2) is 12.2 Å². The second-order valence-corrected chi connectivity index (χ2v) is 33.1. The van der Waals surface area contributed by atoms with Crippen LogP contribution in [-0.4, -0.2) is 96.7 Å². The average molecular weight is 1450 g/mol. The summed E-state index contributed by atoms with van der Waals surface area (Å²) in [7, 11) is -9.92. The molecule has 0 aromatic carbocycles. The summed E-state index contributed by atoms with van der Waals surface area (Å²) >= 11 is 0. The summed E-state index contributed by atoms with van der Waals surface area (Å²) in [6.07, 6.45) is 58.5. The van der Waals surface area contributed by atoms with Crippen molar-refractivity contribution in [2.24, 2.45) is 17.8 Å². The molecule has 0 saturated carbocycles. The first kappa shape index (κ1) is 97.1. The van der Waals surface area contributed by atoms with E-state index in [9.17, 15) is 43.2 Å². The molecule has 17 nitrogen and oxygen atoms in total. The molecule has 99 heavy (non-hydrogen) atoms. The highest BCUT2D eigenvalue weighted by Crippen LogP contribution is 2.45. The lowest BCUT2D eigenvalue weighted by Gasteiger charge is -2.21. The number of phosphoric ester groups is 2. The third-order valence-electron chi connectivity index (χ3n) is 18.6. The summed E-state index contributed by atoms with van der Waals surface area (Å²) in [6, 6.07) is 0. The van der Waals surface area contributed by atoms with Gasteiger partial charge in [-0.15, -0.1) is 0 Å². The smallest absolute Gasteiger partial charge is 0.462 e. The quantitative estimate of drug-likeness (QED) is 0.0222. The molecular formula is C80H156O17P2. The number of ether oxygens (including phenoxy) is 4. The lowest BCUT2D eigenvalue weighted by molar-refractivity contribution is -0.161. The molecule has 0 radical (unpaired) electrons. The van der Waals surface area contributed by atoms with E-state index in [1.807, 2.05) is 0 Å². The Morgan fingerprint density at radius 3 is 0.687 bits per heavy atom. The standard InChI is InChI=1S/C80H156O17P2/c1-8-9-10-11-12-13-14-15-16-17-18-19-20-21-22-23-28-34-41-49-56-63-79(84)96-75(67-90-77(82)61-54-47-40-33-27-25-24-26-31-37-44-51-58-71(2)3)69-94-98(86,87)92-65-74(81)66-93-99(88,89)95-70-76(68-91-78(83)62-55-48-43-36-39-46-53-60-73(6)7)97-80(85)64-57-50-42-35-30-29-32-38-45-52-59-72(4)5/h71-76,81H,8-70H2,1-7H3,(H,86,87)(H,88,89)/t74-,75-,76-/m1/s1. The minimum atomic E-state index is -4.96. The highest BCUT2D eigenvalue weighted by Gasteiger charge is 2.30. The van der Waals surface area contributed by atoms with Gasteiger partial charge in [-0.05, 0) is 43.4 Å². The van der Waals surface area contributed by atoms with E-state index in [2.05, 4.69) is 48.5 Å². The van der Waals surface area contributed by atoms with Gasteiger partial charge in [0.1, 0.15) is 19.3 Å². The first-order chi connectivity index (χ1) is 47.7. The molecule has 588 valence electrons. The molecule has 2 unspecified atom stereocenters. The molecule has 0 saturated heterocycles. The lowest BCUT2D eigenvalue weighted by atomic mass is 10.0. The minimum Gasteiger partial charge on any atom is -0.462 e. The molecule has 0 aromatic heterocycles. The predicted octanol–water partition coefficient (Wildman–Crippen LogP) is 23.7. The summed E-state index contributed by atoms with van der Waals surface area (Å²) in [5, 5.41) is 10.6. The summed E-state index contributed by atoms with van der Waals surface area (Å²) in [6.45, 7) is 11.9. The molecule has 5 atom stereocenters. The van der Waals surface area contributed by atoms with Crippen LogP contribution in [0.3, 0.4) is 0 Å². The molecular weight excluding hydrogens is 1290 g/mol. The van der Waals surface area contributed by atoms with E-state index >= 15 is 0 Å². The molecule has 0 fully saturated rings. The van der Waals surface area contributed by atoms with E-state index in [4.69, 9.17) is 37.0 Å². The first-order valence-electron chi connectivity index (χ1n) is 41.3. The Morgan fingerprint density at radius 2 is 0.465 bits per heavy atom. The minimum absolute atomic E-state index is 0.105. The van der Waals surface area contributed by atoms with Gasteiger partial charge in [0.05, 0.1) is 26.4 Å². The van der Waals surface area contributed by atoms with Gasteiger partial charge in [-0.3, -0.25) is 37.3 Å². The number of phosphoric acid groups is 2. The van der Waals surface area contributed by atoms with Crippen LogP contribution < -0.4 is 0 Å². The zero-order valence-electron chi connectivity index (χ0n) is 65.0. The molecule has 0 heterocycles. The van der Waals surface area contributed by atoms with Gasteiger partial charge < -0.3 is 33.8 Å². The zero-order chi connectivity index (χ0) is 73.0. The van der Waals surface area contributed by atoms with Crippen molar-refractivity contribution in [1.29, 1.82) is 0 Å². The van der Waals surface area contributed by atoms with Crippen molar-refractivity contribution in [1.82, 2.24) is 0 Å². The Kier molecular flexibility index (Phi) is 69.0. The maximum atomic E-state index is 13.1. The maximum Gasteiger partial charge on any atom is 0.472 e. The van der Waals surface area contributed by atoms with E-state index in [0.29, 0.717) is 31.6 Å². The summed E-state index contributed by atoms with van der Waals surface area (Å²) in [5.74, 6) is 0.124. The molecule has 0 rings (SSSR count). The third kappa shape index (κ3) is 74.1. The molecule has 0 spiro atoms. The van der Waals surface area contributed by atoms with E-state index in [-0.39, 0.29) is 25.7 Å². The number of rotatable bonds is 78. The fourth-order valence-electron chi connectivity index (χ4n) is 12.3. The molecule has 0 amide bonds. The number of unbranched alkanes of at least 4 members (excludes halogenated alkanes) is 46. The van der Waals surface area contributed by atoms with Crippen LogP contribution in [0.15, 0.2) is 0 Å². The van der Waals surface area contributed by atoms with Crippen molar-refractivity contribution in [3.05, 3.63) is 0 Å². The van der Waals surface area contributed by atoms with Crippen molar-refractivity contribution in [2.45, 2.75) is 433 Å². The largest absolute Gasteiger partial charge is 0.472 e. The number of hydrogen-bond acceptors (Lipinski definition) is 15. The van der Waals surface area contributed by atoms with Crippen LogP contribution in [0.1, 0.15) is 414 Å². The van der Waals surface area contributed by atoms with Crippen molar-refractivity contribution < 1.29 is 80.2 Å². The molecule has 0 aromatic rings. The second-order valence-electron chi connectivity index (χ2n) is 30.2. The van der Waals surface area contributed by atoms with Crippen molar-refractivity contribution in [3.63, 3.8) is 0 Å². The SMILES string of the molecule is CCCCCCCCCCCCCCCCCCCCCCCC(=O)O[C@H](COC(=O)CCCCCCCCCCCCCCC(C)C)COP(=O)(O)OC[C@@H](O)COP(=O)(O)OC[C@@H](COC(=O)CCCCCCCCCC(C)C)OC(=O)CCCCCCCCCCCCC(C)C. The van der Waals surface area contributed by atoms with Crippen LogP contribution in [0.4, 0.5) is 0 Å². The number of carbonyl (C=O) groups excluding carboxylic acids is 4. The molecule has 0 aliphatic rings. The van der Waals surface area contributed by atoms with Gasteiger partial charge in [0.2, 0.25) is 0 Å². The number of carbonyl (C=O) groups is 4. The Bertz CT molecular complexity index is 1920. The fourth-order valence-corrected chi connectivity index (χ4v) is 13.9. The van der Waals surface area contributed by atoms with Gasteiger partial charge in [0.25, 0.3) is 0 Å². The molecule has 3 N–H and O–H groups in total. The van der Waals surface area contributed by atoms with Crippen LogP contribution >= 0.6 is 15.6 Å². The number of hydrogen-bond donors (Lipinski definition) is 3. The summed E-state index contributed by atoms with van der Waals surface area (Å²) < 4.78 is 68.6. The van der Waals surface area contributed by atoms with Crippen LogP contribution in [0.5, 0.6) is 0 Å². The third-order valence-corrected chi connectivity index (χ3v) is 20.5. The maximum absolute atomic E-state index is 13.1. The van der Waals surface area contributed by atoms with E-state index in [1.54, 1.807) is 0 Å². The number of aliphatic hydroxyl groups excluding tert-OH is 1. The Balaban J connectivity index is 5.22. The van der Waals surface area contributed by atoms with Crippen molar-refractivity contribution in [3.8, 4) is 0 Å². The molecule has 0 aliphatic carbocycles. The van der Waals surface area contributed by atoms with Crippen LogP contribution in [-0.2, 0) is 65.4 Å². The van der Waals surface area contributed by atoms with Gasteiger partial charge in [-0.1, -0.05) is 363 Å². The van der Waals surface area contributed by atoms with Crippen molar-refractivity contribution in [2.75, 3.05) is 39.6 Å². The van der Waals surface area contributed by atoms with Gasteiger partial charge in [-0.25, -0.2) is 9.13 Å². The van der Waals surface area contributed by atoms with E-state index in [0.717, 1.165) is 108 Å². The Labute approximate surface area is 607 Å². The second kappa shape index (κ2) is 70.4. The van der Waals surface area contributed by atoms with Crippen LogP contribution in [0.25, 0.3) is 0 Å². The van der Waals surface area contributed by atoms with E-state index < -0.39 is 97.5 Å². The topological polar surface area (TPSA) is 237 Å². The summed E-state index contributed by atoms with van der Waals surface area (Å²) in [5.41, 5.74) is 0. The monoisotopic (exact) mass is 1450 g/mol. The first-order valence-corrected chi connectivity index (χ1v) is 44.3. The lowest BCUT2D eigenvalue weighted by Crippen LogP contribution is -2.30. The van der Waals surface area contributed by atoms with Gasteiger partial charge in [-0.2, -0.15) is 0 Å². The number of esters is 4. The molecule has 0 aliphatic heterocycles. The fraction of sp³-hybridized carbons (Fsp3) is 0.950. The highest BCUT2D eigenvalue weighted by atomic mass is 31.2. The normalized spacial score (nSPS) is 14.0. The highest BCUT2D eigenvalue weighted by molar-refractivity contribution is 7.47. The average Bonchev–Trinajstić information content (AvgIpc) is 1.49. The molecule has 19 heteroatoms. The van der Waals surface area contributed by atoms with Gasteiger partial charge in [0, 0.05) is 25.7 Å². The van der Waals surface area contributed by atoms with Gasteiger partial charge >= 0.3 is 39.5 Å².